The lowest BCUT2D eigenvalue weighted by molar-refractivity contribution is -0.133. The summed E-state index contributed by atoms with van der Waals surface area (Å²) in [6, 6.07) is 10.3. The first-order valence-corrected chi connectivity index (χ1v) is 10.1. The minimum absolute atomic E-state index is 0.110. The van der Waals surface area contributed by atoms with Gasteiger partial charge in [-0.25, -0.2) is 4.79 Å². The van der Waals surface area contributed by atoms with Crippen LogP contribution in [0.15, 0.2) is 36.4 Å². The first-order valence-electron chi connectivity index (χ1n) is 10.1. The van der Waals surface area contributed by atoms with Gasteiger partial charge in [0.05, 0.1) is 0 Å². The molecule has 31 heavy (non-hydrogen) atoms. The molecule has 4 amide bonds. The molecule has 162 valence electrons. The zero-order valence-electron chi connectivity index (χ0n) is 17.9. The number of carbonyl (C=O) groups is 3. The van der Waals surface area contributed by atoms with E-state index in [1.807, 2.05) is 39.0 Å². The molecule has 0 aromatic heterocycles. The number of amides is 4. The van der Waals surface area contributed by atoms with E-state index in [9.17, 15) is 14.4 Å². The number of nitrogens with one attached hydrogen (secondary N) is 2. The number of aryl methyl sites for hydroxylation is 1. The summed E-state index contributed by atoms with van der Waals surface area (Å²) in [6.45, 7) is 7.33. The number of rotatable bonds is 5. The molecule has 1 fully saturated rings. The van der Waals surface area contributed by atoms with Crippen LogP contribution < -0.4 is 20.1 Å². The molecular weight excluding hydrogens is 398 g/mol. The number of benzene rings is 2. The number of hydrogen-bond acceptors (Lipinski definition) is 5. The van der Waals surface area contributed by atoms with E-state index in [1.54, 1.807) is 25.1 Å². The average Bonchev–Trinajstić information content (AvgIpc) is 3.27. The number of urea groups is 1. The van der Waals surface area contributed by atoms with E-state index in [0.29, 0.717) is 22.7 Å². The van der Waals surface area contributed by atoms with Crippen molar-refractivity contribution in [2.24, 2.45) is 0 Å². The van der Waals surface area contributed by atoms with Crippen LogP contribution in [0.1, 0.15) is 43.4 Å². The van der Waals surface area contributed by atoms with Gasteiger partial charge in [0.25, 0.3) is 5.91 Å². The monoisotopic (exact) mass is 423 g/mol. The second-order valence-corrected chi connectivity index (χ2v) is 8.26. The summed E-state index contributed by atoms with van der Waals surface area (Å²) in [5.74, 6) is 0.369. The van der Waals surface area contributed by atoms with E-state index < -0.39 is 23.4 Å². The van der Waals surface area contributed by atoms with E-state index in [2.05, 4.69) is 10.6 Å². The topological polar surface area (TPSA) is 97.0 Å². The minimum Gasteiger partial charge on any atom is -0.454 e. The Hall–Kier alpha value is -3.55. The van der Waals surface area contributed by atoms with Gasteiger partial charge in [-0.05, 0) is 48.6 Å². The summed E-state index contributed by atoms with van der Waals surface area (Å²) in [5.41, 5.74) is 1.88. The van der Waals surface area contributed by atoms with Crippen molar-refractivity contribution in [3.8, 4) is 11.5 Å². The highest BCUT2D eigenvalue weighted by Crippen LogP contribution is 2.38. The van der Waals surface area contributed by atoms with Crippen molar-refractivity contribution in [2.75, 3.05) is 18.7 Å². The average molecular weight is 423 g/mol. The number of nitrogens with zero attached hydrogens (tertiary/aromatic N) is 1. The predicted octanol–water partition coefficient (Wildman–Crippen LogP) is 3.25. The summed E-state index contributed by atoms with van der Waals surface area (Å²) in [5, 5.41) is 5.59. The van der Waals surface area contributed by atoms with Crippen molar-refractivity contribution in [1.82, 2.24) is 10.2 Å². The summed E-state index contributed by atoms with van der Waals surface area (Å²) in [7, 11) is 0. The molecule has 0 unspecified atom stereocenters. The Bertz CT molecular complexity index is 1080. The summed E-state index contributed by atoms with van der Waals surface area (Å²) >= 11 is 0. The van der Waals surface area contributed by atoms with E-state index >= 15 is 0 Å². The molecule has 2 heterocycles. The molecule has 2 aliphatic heterocycles. The normalized spacial score (nSPS) is 19.7. The lowest BCUT2D eigenvalue weighted by Gasteiger charge is -2.22. The molecule has 8 heteroatoms. The van der Waals surface area contributed by atoms with E-state index in [0.717, 1.165) is 16.0 Å². The zero-order valence-corrected chi connectivity index (χ0v) is 17.9. The van der Waals surface area contributed by atoms with Crippen LogP contribution >= 0.6 is 0 Å². The fraction of sp³-hybridized carbons (Fsp3) is 0.348. The largest absolute Gasteiger partial charge is 0.454 e. The third-order valence-electron chi connectivity index (χ3n) is 5.72. The second kappa shape index (κ2) is 7.61. The number of para-hydroxylation sites is 1. The molecular formula is C23H25N3O5. The number of imide groups is 1. The van der Waals surface area contributed by atoms with Crippen molar-refractivity contribution >= 4 is 23.5 Å². The summed E-state index contributed by atoms with van der Waals surface area (Å²) in [4.78, 5) is 39.5. The Kier molecular flexibility index (Phi) is 5.08. The molecule has 2 aliphatic rings. The first kappa shape index (κ1) is 20.7. The van der Waals surface area contributed by atoms with Crippen LogP contribution in [0.3, 0.4) is 0 Å². The van der Waals surface area contributed by atoms with Crippen molar-refractivity contribution in [3.63, 3.8) is 0 Å². The maximum Gasteiger partial charge on any atom is 0.325 e. The molecule has 0 radical (unpaired) electrons. The van der Waals surface area contributed by atoms with Gasteiger partial charge in [-0.2, -0.15) is 0 Å². The zero-order chi connectivity index (χ0) is 22.3. The number of ether oxygens (including phenoxy) is 2. The lowest BCUT2D eigenvalue weighted by Crippen LogP contribution is -2.42. The van der Waals surface area contributed by atoms with E-state index in [4.69, 9.17) is 9.47 Å². The highest BCUT2D eigenvalue weighted by molar-refractivity contribution is 6.10. The molecule has 1 atom stereocenters. The molecule has 1 saturated heterocycles. The molecule has 2 N–H and O–H groups in total. The van der Waals surface area contributed by atoms with Gasteiger partial charge in [0.15, 0.2) is 11.5 Å². The van der Waals surface area contributed by atoms with Gasteiger partial charge in [-0.15, -0.1) is 0 Å². The summed E-state index contributed by atoms with van der Waals surface area (Å²) < 4.78 is 10.7. The van der Waals surface area contributed by atoms with Gasteiger partial charge in [-0.1, -0.05) is 38.1 Å². The Morgan fingerprint density at radius 3 is 2.68 bits per heavy atom. The quantitative estimate of drug-likeness (QED) is 0.720. The number of anilines is 1. The Balaban J connectivity index is 1.53. The van der Waals surface area contributed by atoms with Crippen molar-refractivity contribution < 1.29 is 23.9 Å². The lowest BCUT2D eigenvalue weighted by atomic mass is 9.91. The van der Waals surface area contributed by atoms with Gasteiger partial charge in [-0.3, -0.25) is 14.5 Å². The number of hydrogen-bond donors (Lipinski definition) is 2. The fourth-order valence-electron chi connectivity index (χ4n) is 3.91. The minimum atomic E-state index is -1.30. The van der Waals surface area contributed by atoms with Crippen molar-refractivity contribution in [2.45, 2.75) is 39.2 Å². The second-order valence-electron chi connectivity index (χ2n) is 8.26. The Morgan fingerprint density at radius 1 is 1.19 bits per heavy atom. The third kappa shape index (κ3) is 3.58. The fourth-order valence-corrected chi connectivity index (χ4v) is 3.91. The predicted molar refractivity (Wildman–Crippen MR) is 114 cm³/mol. The molecule has 8 nitrogen and oxygen atoms in total. The summed E-state index contributed by atoms with van der Waals surface area (Å²) in [6.07, 6.45) is 0. The Labute approximate surface area is 180 Å². The van der Waals surface area contributed by atoms with Crippen LogP contribution in [-0.2, 0) is 15.1 Å². The highest BCUT2D eigenvalue weighted by Gasteiger charge is 2.50. The molecule has 0 spiro atoms. The molecule has 0 aliphatic carbocycles. The van der Waals surface area contributed by atoms with Gasteiger partial charge in [0, 0.05) is 5.69 Å². The molecule has 2 aromatic carbocycles. The van der Waals surface area contributed by atoms with Gasteiger partial charge in [0.1, 0.15) is 12.1 Å². The third-order valence-corrected chi connectivity index (χ3v) is 5.72. The maximum absolute atomic E-state index is 13.2. The molecule has 4 rings (SSSR count). The Morgan fingerprint density at radius 2 is 1.94 bits per heavy atom. The number of carbonyl (C=O) groups excluding carboxylic acids is 3. The highest BCUT2D eigenvalue weighted by atomic mass is 16.7. The smallest absolute Gasteiger partial charge is 0.325 e. The number of fused-ring (bicyclic) bond motifs is 1. The van der Waals surface area contributed by atoms with E-state index in [-0.39, 0.29) is 19.3 Å². The van der Waals surface area contributed by atoms with Crippen LogP contribution in [0.25, 0.3) is 0 Å². The van der Waals surface area contributed by atoms with Crippen molar-refractivity contribution in [3.05, 3.63) is 53.1 Å². The SMILES string of the molecule is Cc1cccc(C(C)C)c1NC(=O)CN1C(=O)N[C@@](C)(c2ccc3c(c2)OCO3)C1=O. The van der Waals surface area contributed by atoms with Crippen LogP contribution in [0.5, 0.6) is 11.5 Å². The molecule has 2 aromatic rings. The van der Waals surface area contributed by atoms with Gasteiger partial charge < -0.3 is 20.1 Å². The van der Waals surface area contributed by atoms with Gasteiger partial charge in [0.2, 0.25) is 12.7 Å². The van der Waals surface area contributed by atoms with Crippen LogP contribution in [-0.4, -0.2) is 36.1 Å². The maximum atomic E-state index is 13.2. The van der Waals surface area contributed by atoms with Crippen LogP contribution in [0, 0.1) is 6.92 Å². The van der Waals surface area contributed by atoms with Crippen LogP contribution in [0.4, 0.5) is 10.5 Å². The van der Waals surface area contributed by atoms with Crippen LogP contribution in [0.2, 0.25) is 0 Å². The first-order chi connectivity index (χ1) is 14.7. The molecule has 0 bridgehead atoms. The standard InChI is InChI=1S/C23H25N3O5/c1-13(2)16-7-5-6-14(3)20(16)24-19(27)11-26-21(28)23(4,25-22(26)29)15-8-9-17-18(10-15)31-12-30-17/h5-10,13H,11-12H2,1-4H3,(H,24,27)(H,25,29)/t23-/m0/s1. The van der Waals surface area contributed by atoms with Crippen molar-refractivity contribution in [1.29, 1.82) is 0 Å². The van der Waals surface area contributed by atoms with Gasteiger partial charge >= 0.3 is 6.03 Å². The van der Waals surface area contributed by atoms with E-state index in [1.165, 1.54) is 0 Å². The molecule has 0 saturated carbocycles.